The fourth-order valence-corrected chi connectivity index (χ4v) is 4.10. The molecule has 10 nitrogen and oxygen atoms in total. The van der Waals surface area contributed by atoms with Crippen molar-refractivity contribution < 1.29 is 28.7 Å². The van der Waals surface area contributed by atoms with E-state index >= 15 is 0 Å². The molecule has 0 radical (unpaired) electrons. The van der Waals surface area contributed by atoms with Crippen molar-refractivity contribution in [3.63, 3.8) is 0 Å². The van der Waals surface area contributed by atoms with Gasteiger partial charge in [-0.2, -0.15) is 0 Å². The Hall–Kier alpha value is -3.31. The minimum atomic E-state index is -1.05. The third-order valence-electron chi connectivity index (χ3n) is 4.68. The maximum Gasteiger partial charge on any atom is 0.350 e. The smallest absolute Gasteiger partial charge is 0.350 e. The van der Waals surface area contributed by atoms with Gasteiger partial charge in [0, 0.05) is 18.1 Å². The van der Waals surface area contributed by atoms with Gasteiger partial charge in [0.25, 0.3) is 0 Å². The van der Waals surface area contributed by atoms with E-state index < -0.39 is 29.9 Å². The van der Waals surface area contributed by atoms with E-state index in [1.54, 1.807) is 23.6 Å². The number of ether oxygens (including phenoxy) is 2. The van der Waals surface area contributed by atoms with Crippen LogP contribution in [0.2, 0.25) is 5.02 Å². The van der Waals surface area contributed by atoms with Crippen LogP contribution in [0.1, 0.15) is 16.1 Å². The zero-order valence-electron chi connectivity index (χ0n) is 17.3. The Labute approximate surface area is 192 Å². The Morgan fingerprint density at radius 3 is 2.72 bits per heavy atom. The molecule has 0 saturated carbocycles. The van der Waals surface area contributed by atoms with Crippen LogP contribution in [0.25, 0.3) is 0 Å². The van der Waals surface area contributed by atoms with Gasteiger partial charge in [0.1, 0.15) is 16.7 Å². The Bertz CT molecular complexity index is 1040. The number of nitrogens with zero attached hydrogens (tertiary/aromatic N) is 1. The molecule has 0 aliphatic carbocycles. The van der Waals surface area contributed by atoms with Crippen molar-refractivity contribution in [3.05, 3.63) is 39.5 Å². The van der Waals surface area contributed by atoms with Crippen molar-refractivity contribution in [1.82, 2.24) is 10.2 Å². The summed E-state index contributed by atoms with van der Waals surface area (Å²) in [7, 11) is 2.69. The van der Waals surface area contributed by atoms with Crippen LogP contribution in [-0.2, 0) is 14.3 Å². The number of carbonyl (C=O) groups excluding carboxylic acids is 4. The zero-order chi connectivity index (χ0) is 23.3. The van der Waals surface area contributed by atoms with E-state index in [-0.39, 0.29) is 30.1 Å². The minimum absolute atomic E-state index is 0.199. The van der Waals surface area contributed by atoms with Crippen molar-refractivity contribution in [2.75, 3.05) is 37.9 Å². The summed E-state index contributed by atoms with van der Waals surface area (Å²) >= 11 is 7.12. The summed E-state index contributed by atoms with van der Waals surface area (Å²) in [5.74, 6) is -1.18. The summed E-state index contributed by atoms with van der Waals surface area (Å²) < 4.78 is 9.92. The van der Waals surface area contributed by atoms with Gasteiger partial charge in [0.05, 0.1) is 32.0 Å². The highest BCUT2D eigenvalue weighted by Crippen LogP contribution is 2.28. The molecule has 1 aliphatic rings. The largest absolute Gasteiger partial charge is 0.495 e. The number of rotatable bonds is 6. The number of urea groups is 1. The molecule has 2 aromatic rings. The second-order valence-corrected chi connectivity index (χ2v) is 8.03. The molecule has 2 heterocycles. The zero-order valence-corrected chi connectivity index (χ0v) is 18.8. The van der Waals surface area contributed by atoms with Gasteiger partial charge in [-0.05, 0) is 29.6 Å². The first-order valence-electron chi connectivity index (χ1n) is 9.48. The first-order chi connectivity index (χ1) is 15.3. The van der Waals surface area contributed by atoms with Crippen LogP contribution in [0.15, 0.2) is 29.6 Å². The Morgan fingerprint density at radius 2 is 2.00 bits per heavy atom. The highest BCUT2D eigenvalue weighted by molar-refractivity contribution is 7.12. The standard InChI is InChI=1S/C20H21ClN4O6S/c1-30-15-4-3-11(21)9-13(15)24-20(29)25-7-6-22-18(27)14(25)10-16(26)23-12-5-8-32-17(12)19(28)31-2/h3-5,8-9,14H,6-7,10H2,1-2H3,(H,22,27)(H,23,26)(H,24,29)/t14-/m1/s1. The molecule has 1 fully saturated rings. The number of anilines is 2. The van der Waals surface area contributed by atoms with Crippen LogP contribution in [-0.4, -0.2) is 62.1 Å². The lowest BCUT2D eigenvalue weighted by molar-refractivity contribution is -0.130. The number of hydrogen-bond acceptors (Lipinski definition) is 7. The first kappa shape index (κ1) is 23.4. The number of piperazine rings is 1. The van der Waals surface area contributed by atoms with E-state index in [2.05, 4.69) is 16.0 Å². The summed E-state index contributed by atoms with van der Waals surface area (Å²) in [6.45, 7) is 0.443. The van der Waals surface area contributed by atoms with Gasteiger partial charge < -0.3 is 30.3 Å². The van der Waals surface area contributed by atoms with E-state index in [1.165, 1.54) is 25.2 Å². The Kier molecular flexibility index (Phi) is 7.54. The molecule has 0 unspecified atom stereocenters. The van der Waals surface area contributed by atoms with E-state index in [4.69, 9.17) is 21.1 Å². The van der Waals surface area contributed by atoms with Crippen molar-refractivity contribution >= 4 is 58.1 Å². The van der Waals surface area contributed by atoms with Crippen LogP contribution in [0.4, 0.5) is 16.2 Å². The van der Waals surface area contributed by atoms with Crippen molar-refractivity contribution in [2.45, 2.75) is 12.5 Å². The number of amides is 4. The minimum Gasteiger partial charge on any atom is -0.495 e. The quantitative estimate of drug-likeness (QED) is 0.545. The summed E-state index contributed by atoms with van der Waals surface area (Å²) in [6.07, 6.45) is -0.303. The second-order valence-electron chi connectivity index (χ2n) is 6.68. The number of nitrogens with one attached hydrogen (secondary N) is 3. The predicted octanol–water partition coefficient (Wildman–Crippen LogP) is 2.56. The van der Waals surface area contributed by atoms with Gasteiger partial charge in [0.15, 0.2) is 0 Å². The number of hydrogen-bond donors (Lipinski definition) is 3. The molecular weight excluding hydrogens is 460 g/mol. The molecule has 3 rings (SSSR count). The molecule has 0 bridgehead atoms. The van der Waals surface area contributed by atoms with Crippen molar-refractivity contribution in [3.8, 4) is 5.75 Å². The third kappa shape index (κ3) is 5.29. The van der Waals surface area contributed by atoms with Gasteiger partial charge in [0.2, 0.25) is 11.8 Å². The molecule has 0 spiro atoms. The fourth-order valence-electron chi connectivity index (χ4n) is 3.16. The van der Waals surface area contributed by atoms with E-state index in [0.29, 0.717) is 16.5 Å². The molecule has 1 aromatic heterocycles. The Balaban J connectivity index is 1.73. The second kappa shape index (κ2) is 10.3. The van der Waals surface area contributed by atoms with Gasteiger partial charge in [-0.3, -0.25) is 9.59 Å². The molecule has 1 aromatic carbocycles. The maximum absolute atomic E-state index is 12.9. The molecule has 1 atom stereocenters. The van der Waals surface area contributed by atoms with Crippen LogP contribution in [0, 0.1) is 0 Å². The number of benzene rings is 1. The third-order valence-corrected chi connectivity index (χ3v) is 5.81. The van der Waals surface area contributed by atoms with Crippen LogP contribution < -0.4 is 20.7 Å². The molecule has 3 N–H and O–H groups in total. The Morgan fingerprint density at radius 1 is 1.22 bits per heavy atom. The van der Waals surface area contributed by atoms with Gasteiger partial charge in [-0.25, -0.2) is 9.59 Å². The number of thiophene rings is 1. The highest BCUT2D eigenvalue weighted by atomic mass is 35.5. The fraction of sp³-hybridized carbons (Fsp3) is 0.300. The molecule has 4 amide bonds. The number of carbonyl (C=O) groups is 4. The predicted molar refractivity (Wildman–Crippen MR) is 119 cm³/mol. The van der Waals surface area contributed by atoms with Gasteiger partial charge in [-0.15, -0.1) is 11.3 Å². The van der Waals surface area contributed by atoms with Crippen molar-refractivity contribution in [2.24, 2.45) is 0 Å². The lowest BCUT2D eigenvalue weighted by Gasteiger charge is -2.34. The lowest BCUT2D eigenvalue weighted by atomic mass is 10.1. The van der Waals surface area contributed by atoms with Crippen LogP contribution >= 0.6 is 22.9 Å². The van der Waals surface area contributed by atoms with Crippen LogP contribution in [0.3, 0.4) is 0 Å². The average molecular weight is 481 g/mol. The molecule has 1 aliphatic heterocycles. The maximum atomic E-state index is 12.9. The van der Waals surface area contributed by atoms with E-state index in [1.807, 2.05) is 0 Å². The van der Waals surface area contributed by atoms with Gasteiger partial charge >= 0.3 is 12.0 Å². The number of methoxy groups -OCH3 is 2. The number of halogens is 1. The average Bonchev–Trinajstić information content (AvgIpc) is 3.22. The summed E-state index contributed by atoms with van der Waals surface area (Å²) in [5.41, 5.74) is 0.614. The van der Waals surface area contributed by atoms with Gasteiger partial charge in [-0.1, -0.05) is 11.6 Å². The summed E-state index contributed by atoms with van der Waals surface area (Å²) in [6, 6.07) is 4.68. The number of esters is 1. The van der Waals surface area contributed by atoms with Crippen LogP contribution in [0.5, 0.6) is 5.75 Å². The molecular formula is C20H21ClN4O6S. The normalized spacial score (nSPS) is 15.5. The van der Waals surface area contributed by atoms with Crippen molar-refractivity contribution in [1.29, 1.82) is 0 Å². The molecule has 170 valence electrons. The van der Waals surface area contributed by atoms with E-state index in [9.17, 15) is 19.2 Å². The molecule has 32 heavy (non-hydrogen) atoms. The SMILES string of the molecule is COC(=O)c1sccc1NC(=O)C[C@@H]1C(=O)NCCN1C(=O)Nc1cc(Cl)ccc1OC. The monoisotopic (exact) mass is 480 g/mol. The lowest BCUT2D eigenvalue weighted by Crippen LogP contribution is -2.59. The molecule has 1 saturated heterocycles. The summed E-state index contributed by atoms with van der Waals surface area (Å²) in [4.78, 5) is 51.3. The first-order valence-corrected chi connectivity index (χ1v) is 10.7. The topological polar surface area (TPSA) is 126 Å². The summed E-state index contributed by atoms with van der Waals surface area (Å²) in [5, 5.41) is 9.97. The molecule has 12 heteroatoms. The highest BCUT2D eigenvalue weighted by Gasteiger charge is 2.35. The van der Waals surface area contributed by atoms with E-state index in [0.717, 1.165) is 11.3 Å².